The van der Waals surface area contributed by atoms with Crippen LogP contribution in [0.25, 0.3) is 11.3 Å². The molecule has 0 amide bonds. The number of hydrogen-bond acceptors (Lipinski definition) is 2. The van der Waals surface area contributed by atoms with Crippen molar-refractivity contribution >= 4 is 17.3 Å². The highest BCUT2D eigenvalue weighted by molar-refractivity contribution is 6.33. The third-order valence-electron chi connectivity index (χ3n) is 1.96. The fraction of sp³-hybridized carbons (Fsp3) is 0. The molecule has 0 aliphatic rings. The number of aromatic nitrogens is 1. The fourth-order valence-electron chi connectivity index (χ4n) is 1.24. The van der Waals surface area contributed by atoms with E-state index in [9.17, 15) is 0 Å². The first-order valence-electron chi connectivity index (χ1n) is 4.24. The van der Waals surface area contributed by atoms with Crippen LogP contribution in [-0.4, -0.2) is 4.98 Å². The zero-order chi connectivity index (χ0) is 9.97. The smallest absolute Gasteiger partial charge is 0.0702 e. The van der Waals surface area contributed by atoms with Gasteiger partial charge in [-0.1, -0.05) is 23.7 Å². The zero-order valence-corrected chi connectivity index (χ0v) is 8.20. The van der Waals surface area contributed by atoms with Crippen molar-refractivity contribution in [3.05, 3.63) is 47.6 Å². The Kier molecular flexibility index (Phi) is 2.37. The molecule has 0 unspecified atom stereocenters. The first kappa shape index (κ1) is 9.03. The molecule has 0 aliphatic heterocycles. The maximum absolute atomic E-state index is 5.82. The van der Waals surface area contributed by atoms with Crippen molar-refractivity contribution in [1.82, 2.24) is 4.98 Å². The van der Waals surface area contributed by atoms with Crippen LogP contribution in [0.5, 0.6) is 0 Å². The van der Waals surface area contributed by atoms with Crippen LogP contribution < -0.4 is 5.73 Å². The number of nitrogens with two attached hydrogens (primary N) is 1. The highest BCUT2D eigenvalue weighted by atomic mass is 35.5. The van der Waals surface area contributed by atoms with Gasteiger partial charge in [-0.3, -0.25) is 4.98 Å². The van der Waals surface area contributed by atoms with Gasteiger partial charge in [0, 0.05) is 11.8 Å². The summed E-state index contributed by atoms with van der Waals surface area (Å²) in [6, 6.07) is 11.3. The molecule has 2 rings (SSSR count). The van der Waals surface area contributed by atoms with Crippen LogP contribution in [0.15, 0.2) is 42.6 Å². The number of benzene rings is 1. The lowest BCUT2D eigenvalue weighted by Gasteiger charge is -2.02. The molecule has 14 heavy (non-hydrogen) atoms. The SMILES string of the molecule is Nc1cc(-c2ccccn2)ccc1Cl. The van der Waals surface area contributed by atoms with Gasteiger partial charge < -0.3 is 5.73 Å². The lowest BCUT2D eigenvalue weighted by molar-refractivity contribution is 1.33. The Morgan fingerprint density at radius 2 is 2.00 bits per heavy atom. The molecular weight excluding hydrogens is 196 g/mol. The normalized spacial score (nSPS) is 10.1. The van der Waals surface area contributed by atoms with Crippen LogP contribution in [-0.2, 0) is 0 Å². The average Bonchev–Trinajstić information content (AvgIpc) is 2.23. The molecule has 0 saturated heterocycles. The number of halogens is 1. The van der Waals surface area contributed by atoms with Gasteiger partial charge in [-0.2, -0.15) is 0 Å². The molecular formula is C11H9ClN2. The average molecular weight is 205 g/mol. The Bertz CT molecular complexity index is 440. The summed E-state index contributed by atoms with van der Waals surface area (Å²) >= 11 is 5.82. The molecule has 2 N–H and O–H groups in total. The Morgan fingerprint density at radius 3 is 2.64 bits per heavy atom. The second kappa shape index (κ2) is 3.68. The molecule has 1 heterocycles. The van der Waals surface area contributed by atoms with Crippen LogP contribution >= 0.6 is 11.6 Å². The van der Waals surface area contributed by atoms with E-state index in [1.54, 1.807) is 12.3 Å². The van der Waals surface area contributed by atoms with E-state index in [0.717, 1.165) is 11.3 Å². The second-order valence-corrected chi connectivity index (χ2v) is 3.36. The molecule has 0 radical (unpaired) electrons. The highest BCUT2D eigenvalue weighted by Crippen LogP contribution is 2.25. The van der Waals surface area contributed by atoms with Gasteiger partial charge in [0.25, 0.3) is 0 Å². The van der Waals surface area contributed by atoms with Crippen LogP contribution in [0.2, 0.25) is 5.02 Å². The summed E-state index contributed by atoms with van der Waals surface area (Å²) in [5.74, 6) is 0. The lowest BCUT2D eigenvalue weighted by atomic mass is 10.1. The third-order valence-corrected chi connectivity index (χ3v) is 2.30. The van der Waals surface area contributed by atoms with E-state index in [1.807, 2.05) is 30.3 Å². The van der Waals surface area contributed by atoms with E-state index in [0.29, 0.717) is 10.7 Å². The molecule has 0 bridgehead atoms. The summed E-state index contributed by atoms with van der Waals surface area (Å²) in [5, 5.41) is 0.574. The predicted octanol–water partition coefficient (Wildman–Crippen LogP) is 2.98. The van der Waals surface area contributed by atoms with Gasteiger partial charge in [-0.05, 0) is 24.3 Å². The summed E-state index contributed by atoms with van der Waals surface area (Å²) in [6.45, 7) is 0. The number of nitrogens with zero attached hydrogens (tertiary/aromatic N) is 1. The Morgan fingerprint density at radius 1 is 1.14 bits per heavy atom. The zero-order valence-electron chi connectivity index (χ0n) is 7.44. The molecule has 0 fully saturated rings. The Balaban J connectivity index is 2.48. The topological polar surface area (TPSA) is 38.9 Å². The van der Waals surface area contributed by atoms with Gasteiger partial charge in [-0.15, -0.1) is 0 Å². The van der Waals surface area contributed by atoms with Crippen molar-refractivity contribution in [2.75, 3.05) is 5.73 Å². The molecule has 0 spiro atoms. The van der Waals surface area contributed by atoms with Gasteiger partial charge >= 0.3 is 0 Å². The predicted molar refractivity (Wildman–Crippen MR) is 59.1 cm³/mol. The summed E-state index contributed by atoms with van der Waals surface area (Å²) in [6.07, 6.45) is 1.75. The largest absolute Gasteiger partial charge is 0.398 e. The Labute approximate surface area is 87.4 Å². The van der Waals surface area contributed by atoms with Gasteiger partial charge in [0.2, 0.25) is 0 Å². The van der Waals surface area contributed by atoms with Crippen LogP contribution in [0, 0.1) is 0 Å². The fourth-order valence-corrected chi connectivity index (χ4v) is 1.35. The summed E-state index contributed by atoms with van der Waals surface area (Å²) in [7, 11) is 0. The number of rotatable bonds is 1. The lowest BCUT2D eigenvalue weighted by Crippen LogP contribution is -1.88. The first-order valence-corrected chi connectivity index (χ1v) is 4.61. The van der Waals surface area contributed by atoms with E-state index in [-0.39, 0.29) is 0 Å². The molecule has 1 aromatic heterocycles. The van der Waals surface area contributed by atoms with E-state index < -0.39 is 0 Å². The first-order chi connectivity index (χ1) is 6.77. The third kappa shape index (κ3) is 1.70. The quantitative estimate of drug-likeness (QED) is 0.726. The molecule has 2 nitrogen and oxygen atoms in total. The molecule has 0 atom stereocenters. The van der Waals surface area contributed by atoms with E-state index >= 15 is 0 Å². The second-order valence-electron chi connectivity index (χ2n) is 2.95. The number of pyridine rings is 1. The molecule has 0 saturated carbocycles. The van der Waals surface area contributed by atoms with Crippen molar-refractivity contribution in [3.63, 3.8) is 0 Å². The van der Waals surface area contributed by atoms with Crippen molar-refractivity contribution < 1.29 is 0 Å². The maximum atomic E-state index is 5.82. The minimum Gasteiger partial charge on any atom is -0.398 e. The van der Waals surface area contributed by atoms with Crippen molar-refractivity contribution in [3.8, 4) is 11.3 Å². The molecule has 70 valence electrons. The standard InChI is InChI=1S/C11H9ClN2/c12-9-5-4-8(7-10(9)13)11-3-1-2-6-14-11/h1-7H,13H2. The summed E-state index contributed by atoms with van der Waals surface area (Å²) in [5.41, 5.74) is 8.15. The Hall–Kier alpha value is -1.54. The molecule has 0 aliphatic carbocycles. The number of anilines is 1. The number of nitrogen functional groups attached to an aromatic ring is 1. The molecule has 3 heteroatoms. The minimum atomic E-state index is 0.574. The van der Waals surface area contributed by atoms with Crippen molar-refractivity contribution in [1.29, 1.82) is 0 Å². The minimum absolute atomic E-state index is 0.574. The van der Waals surface area contributed by atoms with E-state index in [1.165, 1.54) is 0 Å². The summed E-state index contributed by atoms with van der Waals surface area (Å²) < 4.78 is 0. The summed E-state index contributed by atoms with van der Waals surface area (Å²) in [4.78, 5) is 4.22. The van der Waals surface area contributed by atoms with Crippen LogP contribution in [0.1, 0.15) is 0 Å². The van der Waals surface area contributed by atoms with Gasteiger partial charge in [0.15, 0.2) is 0 Å². The van der Waals surface area contributed by atoms with Gasteiger partial charge in [-0.25, -0.2) is 0 Å². The van der Waals surface area contributed by atoms with Crippen LogP contribution in [0.4, 0.5) is 5.69 Å². The highest BCUT2D eigenvalue weighted by Gasteiger charge is 2.00. The van der Waals surface area contributed by atoms with E-state index in [4.69, 9.17) is 17.3 Å². The van der Waals surface area contributed by atoms with Crippen molar-refractivity contribution in [2.24, 2.45) is 0 Å². The van der Waals surface area contributed by atoms with E-state index in [2.05, 4.69) is 4.98 Å². The maximum Gasteiger partial charge on any atom is 0.0702 e. The number of hydrogen-bond donors (Lipinski definition) is 1. The van der Waals surface area contributed by atoms with Crippen molar-refractivity contribution in [2.45, 2.75) is 0 Å². The molecule has 1 aromatic carbocycles. The van der Waals surface area contributed by atoms with Gasteiger partial charge in [0.05, 0.1) is 16.4 Å². The molecule has 2 aromatic rings. The van der Waals surface area contributed by atoms with Crippen LogP contribution in [0.3, 0.4) is 0 Å². The van der Waals surface area contributed by atoms with Gasteiger partial charge in [0.1, 0.15) is 0 Å². The monoisotopic (exact) mass is 204 g/mol.